The first kappa shape index (κ1) is 7.50. The standard InChI is InChI=1S/C9H13N3O/c13-7-3-4-8-10-11-9(6-1-2-6)12(8)5-7/h6-7,13H,1-5H2/t7-/m0/s1. The predicted molar refractivity (Wildman–Crippen MR) is 46.3 cm³/mol. The molecule has 0 aromatic carbocycles. The maximum Gasteiger partial charge on any atom is 0.136 e. The number of aromatic nitrogens is 3. The fourth-order valence-electron chi connectivity index (χ4n) is 1.97. The number of fused-ring (bicyclic) bond motifs is 1. The molecule has 1 aromatic heterocycles. The summed E-state index contributed by atoms with van der Waals surface area (Å²) in [5.41, 5.74) is 0. The third-order valence-corrected chi connectivity index (χ3v) is 2.89. The molecule has 0 saturated heterocycles. The molecule has 1 aliphatic heterocycles. The van der Waals surface area contributed by atoms with Gasteiger partial charge in [-0.05, 0) is 19.3 Å². The molecule has 0 unspecified atom stereocenters. The molecule has 0 bridgehead atoms. The van der Waals surface area contributed by atoms with Crippen LogP contribution in [-0.4, -0.2) is 26.0 Å². The molecule has 4 nitrogen and oxygen atoms in total. The number of hydrogen-bond donors (Lipinski definition) is 1. The summed E-state index contributed by atoms with van der Waals surface area (Å²) >= 11 is 0. The largest absolute Gasteiger partial charge is 0.391 e. The van der Waals surface area contributed by atoms with Crippen LogP contribution in [0.25, 0.3) is 0 Å². The minimum absolute atomic E-state index is 0.194. The molecular weight excluding hydrogens is 166 g/mol. The molecule has 0 radical (unpaired) electrons. The Labute approximate surface area is 76.6 Å². The Bertz CT molecular complexity index is 330. The van der Waals surface area contributed by atoms with E-state index in [2.05, 4.69) is 14.8 Å². The summed E-state index contributed by atoms with van der Waals surface area (Å²) in [5.74, 6) is 2.80. The number of rotatable bonds is 1. The molecule has 1 aromatic rings. The van der Waals surface area contributed by atoms with Crippen LogP contribution < -0.4 is 0 Å². The van der Waals surface area contributed by atoms with Gasteiger partial charge in [0, 0.05) is 12.3 Å². The molecule has 3 rings (SSSR count). The second kappa shape index (κ2) is 2.54. The summed E-state index contributed by atoms with van der Waals surface area (Å²) in [6.07, 6.45) is 4.01. The van der Waals surface area contributed by atoms with E-state index in [1.807, 2.05) is 0 Å². The summed E-state index contributed by atoms with van der Waals surface area (Å²) in [6, 6.07) is 0. The van der Waals surface area contributed by atoms with Gasteiger partial charge in [-0.3, -0.25) is 0 Å². The predicted octanol–water partition coefficient (Wildman–Crippen LogP) is 0.463. The van der Waals surface area contributed by atoms with Crippen LogP contribution >= 0.6 is 0 Å². The summed E-state index contributed by atoms with van der Waals surface area (Å²) in [7, 11) is 0. The van der Waals surface area contributed by atoms with Crippen LogP contribution in [0, 0.1) is 0 Å². The van der Waals surface area contributed by atoms with Crippen LogP contribution in [0.2, 0.25) is 0 Å². The van der Waals surface area contributed by atoms with Crippen LogP contribution in [0.5, 0.6) is 0 Å². The van der Waals surface area contributed by atoms with Crippen molar-refractivity contribution in [2.75, 3.05) is 0 Å². The average molecular weight is 179 g/mol. The summed E-state index contributed by atoms with van der Waals surface area (Å²) in [6.45, 7) is 0.703. The molecule has 1 N–H and O–H groups in total. The zero-order valence-electron chi connectivity index (χ0n) is 7.48. The highest BCUT2D eigenvalue weighted by Gasteiger charge is 2.32. The van der Waals surface area contributed by atoms with E-state index in [1.54, 1.807) is 0 Å². The molecule has 1 aliphatic carbocycles. The van der Waals surface area contributed by atoms with Gasteiger partial charge in [0.05, 0.1) is 12.6 Å². The molecule has 2 heterocycles. The van der Waals surface area contributed by atoms with Crippen molar-refractivity contribution in [1.82, 2.24) is 14.8 Å². The lowest BCUT2D eigenvalue weighted by Crippen LogP contribution is -2.25. The highest BCUT2D eigenvalue weighted by atomic mass is 16.3. The number of aliphatic hydroxyl groups is 1. The number of hydrogen-bond acceptors (Lipinski definition) is 3. The number of aryl methyl sites for hydroxylation is 1. The second-order valence-electron chi connectivity index (χ2n) is 4.05. The Morgan fingerprint density at radius 2 is 2.08 bits per heavy atom. The lowest BCUT2D eigenvalue weighted by molar-refractivity contribution is 0.129. The van der Waals surface area contributed by atoms with Gasteiger partial charge in [0.25, 0.3) is 0 Å². The maximum absolute atomic E-state index is 9.52. The van der Waals surface area contributed by atoms with Gasteiger partial charge in [0.1, 0.15) is 11.6 Å². The van der Waals surface area contributed by atoms with Gasteiger partial charge in [0.2, 0.25) is 0 Å². The molecule has 1 atom stereocenters. The zero-order chi connectivity index (χ0) is 8.84. The van der Waals surface area contributed by atoms with Gasteiger partial charge < -0.3 is 9.67 Å². The fourth-order valence-corrected chi connectivity index (χ4v) is 1.97. The van der Waals surface area contributed by atoms with Crippen LogP contribution in [0.4, 0.5) is 0 Å². The van der Waals surface area contributed by atoms with E-state index < -0.39 is 0 Å². The first-order valence-corrected chi connectivity index (χ1v) is 4.94. The number of aliphatic hydroxyl groups excluding tert-OH is 1. The van der Waals surface area contributed by atoms with E-state index in [1.165, 1.54) is 12.8 Å². The summed E-state index contributed by atoms with van der Waals surface area (Å²) in [4.78, 5) is 0. The van der Waals surface area contributed by atoms with Gasteiger partial charge in [-0.2, -0.15) is 0 Å². The Kier molecular flexibility index (Phi) is 1.47. The molecule has 1 saturated carbocycles. The van der Waals surface area contributed by atoms with Crippen molar-refractivity contribution in [2.45, 2.75) is 44.2 Å². The Hall–Kier alpha value is -0.900. The molecule has 0 spiro atoms. The average Bonchev–Trinajstić information content (AvgIpc) is 2.87. The molecular formula is C9H13N3O. The lowest BCUT2D eigenvalue weighted by Gasteiger charge is -2.19. The third-order valence-electron chi connectivity index (χ3n) is 2.89. The third kappa shape index (κ3) is 1.16. The van der Waals surface area contributed by atoms with Gasteiger partial charge in [0.15, 0.2) is 0 Å². The van der Waals surface area contributed by atoms with Crippen LogP contribution in [0.15, 0.2) is 0 Å². The number of nitrogens with zero attached hydrogens (tertiary/aromatic N) is 3. The van der Waals surface area contributed by atoms with E-state index in [0.29, 0.717) is 12.5 Å². The van der Waals surface area contributed by atoms with Gasteiger partial charge >= 0.3 is 0 Å². The van der Waals surface area contributed by atoms with Crippen molar-refractivity contribution in [3.63, 3.8) is 0 Å². The molecule has 0 amide bonds. The van der Waals surface area contributed by atoms with Crippen LogP contribution in [-0.2, 0) is 13.0 Å². The van der Waals surface area contributed by atoms with Crippen molar-refractivity contribution >= 4 is 0 Å². The monoisotopic (exact) mass is 179 g/mol. The lowest BCUT2D eigenvalue weighted by atomic mass is 10.1. The van der Waals surface area contributed by atoms with Gasteiger partial charge in [-0.1, -0.05) is 0 Å². The maximum atomic E-state index is 9.52. The minimum Gasteiger partial charge on any atom is -0.391 e. The Balaban J connectivity index is 1.99. The zero-order valence-corrected chi connectivity index (χ0v) is 7.48. The van der Waals surface area contributed by atoms with Crippen LogP contribution in [0.1, 0.15) is 36.8 Å². The highest BCUT2D eigenvalue weighted by molar-refractivity contribution is 5.10. The van der Waals surface area contributed by atoms with E-state index in [9.17, 15) is 5.11 Å². The van der Waals surface area contributed by atoms with E-state index in [-0.39, 0.29) is 6.10 Å². The first-order valence-electron chi connectivity index (χ1n) is 4.94. The van der Waals surface area contributed by atoms with Crippen LogP contribution in [0.3, 0.4) is 0 Å². The highest BCUT2D eigenvalue weighted by Crippen LogP contribution is 2.39. The summed E-state index contributed by atoms with van der Waals surface area (Å²) in [5, 5.41) is 17.9. The van der Waals surface area contributed by atoms with E-state index in [4.69, 9.17) is 0 Å². The summed E-state index contributed by atoms with van der Waals surface area (Å²) < 4.78 is 2.12. The van der Waals surface area contributed by atoms with Crippen molar-refractivity contribution in [1.29, 1.82) is 0 Å². The normalized spacial score (nSPS) is 27.3. The van der Waals surface area contributed by atoms with E-state index in [0.717, 1.165) is 24.5 Å². The van der Waals surface area contributed by atoms with Crippen molar-refractivity contribution < 1.29 is 5.11 Å². The Morgan fingerprint density at radius 1 is 1.23 bits per heavy atom. The van der Waals surface area contributed by atoms with Crippen molar-refractivity contribution in [3.05, 3.63) is 11.6 Å². The first-order chi connectivity index (χ1) is 6.34. The molecule has 70 valence electrons. The molecule has 4 heteroatoms. The smallest absolute Gasteiger partial charge is 0.136 e. The fraction of sp³-hybridized carbons (Fsp3) is 0.778. The Morgan fingerprint density at radius 3 is 2.85 bits per heavy atom. The quantitative estimate of drug-likeness (QED) is 0.681. The van der Waals surface area contributed by atoms with Gasteiger partial charge in [-0.25, -0.2) is 0 Å². The van der Waals surface area contributed by atoms with Crippen molar-refractivity contribution in [3.8, 4) is 0 Å². The molecule has 2 aliphatic rings. The second-order valence-corrected chi connectivity index (χ2v) is 4.05. The topological polar surface area (TPSA) is 50.9 Å². The molecule has 13 heavy (non-hydrogen) atoms. The van der Waals surface area contributed by atoms with Crippen molar-refractivity contribution in [2.24, 2.45) is 0 Å². The van der Waals surface area contributed by atoms with Gasteiger partial charge in [-0.15, -0.1) is 10.2 Å². The minimum atomic E-state index is -0.194. The van der Waals surface area contributed by atoms with E-state index >= 15 is 0 Å². The molecule has 1 fully saturated rings. The SMILES string of the molecule is O[C@H]1CCc2nnc(C3CC3)n2C1.